The normalized spacial score (nSPS) is 21.1. The third kappa shape index (κ3) is 4.07. The van der Waals surface area contributed by atoms with E-state index in [1.54, 1.807) is 11.8 Å². The van der Waals surface area contributed by atoms with E-state index in [1.807, 2.05) is 20.8 Å². The third-order valence-corrected chi connectivity index (χ3v) is 5.73. The predicted molar refractivity (Wildman–Crippen MR) is 86.6 cm³/mol. The van der Waals surface area contributed by atoms with Gasteiger partial charge in [0, 0.05) is 19.1 Å². The van der Waals surface area contributed by atoms with Gasteiger partial charge in [-0.05, 0) is 39.9 Å². The summed E-state index contributed by atoms with van der Waals surface area (Å²) < 4.78 is -0.0833. The van der Waals surface area contributed by atoms with Gasteiger partial charge in [0.15, 0.2) is 0 Å². The van der Waals surface area contributed by atoms with Gasteiger partial charge in [-0.2, -0.15) is 11.8 Å². The highest BCUT2D eigenvalue weighted by atomic mass is 32.2. The number of carbonyl (C=O) groups is 1. The van der Waals surface area contributed by atoms with Crippen molar-refractivity contribution in [1.82, 2.24) is 10.2 Å². The van der Waals surface area contributed by atoms with Gasteiger partial charge in [-0.15, -0.1) is 0 Å². The maximum atomic E-state index is 12.0. The molecule has 0 bridgehead atoms. The van der Waals surface area contributed by atoms with Crippen LogP contribution in [-0.2, 0) is 4.79 Å². The van der Waals surface area contributed by atoms with E-state index >= 15 is 0 Å². The van der Waals surface area contributed by atoms with Crippen molar-refractivity contribution in [2.24, 2.45) is 5.73 Å². The highest BCUT2D eigenvalue weighted by Crippen LogP contribution is 2.35. The molecule has 0 aliphatic carbocycles. The van der Waals surface area contributed by atoms with E-state index in [0.717, 1.165) is 25.9 Å². The molecule has 110 valence electrons. The number of carbonyl (C=O) groups excluding carboxylic acids is 1. The van der Waals surface area contributed by atoms with E-state index in [-0.39, 0.29) is 22.7 Å². The van der Waals surface area contributed by atoms with Gasteiger partial charge in [-0.1, -0.05) is 12.2 Å². The number of rotatable bonds is 5. The van der Waals surface area contributed by atoms with Crippen molar-refractivity contribution in [3.63, 3.8) is 0 Å². The van der Waals surface area contributed by atoms with Crippen molar-refractivity contribution in [1.29, 1.82) is 0 Å². The Bertz CT molecular complexity index is 339. The zero-order chi connectivity index (χ0) is 14.6. The zero-order valence-electron chi connectivity index (χ0n) is 12.2. The van der Waals surface area contributed by atoms with Crippen LogP contribution in [0.2, 0.25) is 0 Å². The second kappa shape index (κ2) is 6.90. The van der Waals surface area contributed by atoms with Gasteiger partial charge in [0.1, 0.15) is 0 Å². The molecular weight excluding hydrogens is 278 g/mol. The Morgan fingerprint density at radius 2 is 1.89 bits per heavy atom. The Labute approximate surface area is 125 Å². The second-order valence-corrected chi connectivity index (χ2v) is 7.07. The number of thioether (sulfide) groups is 1. The maximum Gasteiger partial charge on any atom is 0.237 e. The van der Waals surface area contributed by atoms with E-state index in [4.69, 9.17) is 18.0 Å². The number of thiocarbonyl (C=S) groups is 1. The van der Waals surface area contributed by atoms with E-state index in [0.29, 0.717) is 4.99 Å². The topological polar surface area (TPSA) is 58.4 Å². The molecule has 0 saturated carbocycles. The first kappa shape index (κ1) is 16.7. The lowest BCUT2D eigenvalue weighted by Crippen LogP contribution is -2.54. The molecule has 1 saturated heterocycles. The zero-order valence-corrected chi connectivity index (χ0v) is 13.9. The van der Waals surface area contributed by atoms with E-state index in [1.165, 1.54) is 0 Å². The summed E-state index contributed by atoms with van der Waals surface area (Å²) in [6, 6.07) is 0.0928. The van der Waals surface area contributed by atoms with E-state index in [2.05, 4.69) is 16.5 Å². The number of nitrogens with two attached hydrogens (primary N) is 1. The number of hydrogen-bond donors (Lipinski definition) is 2. The lowest BCUT2D eigenvalue weighted by molar-refractivity contribution is -0.126. The minimum absolute atomic E-state index is 0.0833. The standard InChI is InChI=1S/C13H25N3OS2/c1-9(2)15-11(17)10(3)16-7-5-13(19-4,6-8-16)12(14)18/h9-10H,5-8H2,1-4H3,(H2,14,18)(H,15,17). The van der Waals surface area contributed by atoms with Gasteiger partial charge in [0.2, 0.25) is 5.91 Å². The fraction of sp³-hybridized carbons (Fsp3) is 0.846. The van der Waals surface area contributed by atoms with Gasteiger partial charge >= 0.3 is 0 Å². The molecule has 1 aliphatic heterocycles. The molecule has 19 heavy (non-hydrogen) atoms. The van der Waals surface area contributed by atoms with Crippen LogP contribution in [0, 0.1) is 0 Å². The summed E-state index contributed by atoms with van der Waals surface area (Å²) in [5.74, 6) is 0.0991. The molecule has 6 heteroatoms. The summed E-state index contributed by atoms with van der Waals surface area (Å²) in [7, 11) is 0. The van der Waals surface area contributed by atoms with Crippen LogP contribution in [0.4, 0.5) is 0 Å². The number of hydrogen-bond acceptors (Lipinski definition) is 4. The lowest BCUT2D eigenvalue weighted by atomic mass is 9.94. The summed E-state index contributed by atoms with van der Waals surface area (Å²) in [6.45, 7) is 7.65. The molecule has 3 N–H and O–H groups in total. The molecule has 1 unspecified atom stereocenters. The molecule has 0 aromatic heterocycles. The molecule has 0 radical (unpaired) electrons. The van der Waals surface area contributed by atoms with Crippen LogP contribution in [0.3, 0.4) is 0 Å². The largest absolute Gasteiger partial charge is 0.392 e. The smallest absolute Gasteiger partial charge is 0.237 e. The Hall–Kier alpha value is -0.330. The Kier molecular flexibility index (Phi) is 6.08. The van der Waals surface area contributed by atoms with Crippen LogP contribution >= 0.6 is 24.0 Å². The molecule has 4 nitrogen and oxygen atoms in total. The highest BCUT2D eigenvalue weighted by molar-refractivity contribution is 8.02. The number of nitrogens with one attached hydrogen (secondary N) is 1. The number of piperidine rings is 1. The Balaban J connectivity index is 2.58. The summed E-state index contributed by atoms with van der Waals surface area (Å²) in [5.41, 5.74) is 5.87. The Morgan fingerprint density at radius 1 is 1.37 bits per heavy atom. The average Bonchev–Trinajstić information content (AvgIpc) is 2.37. The van der Waals surface area contributed by atoms with E-state index < -0.39 is 0 Å². The molecule has 1 amide bonds. The van der Waals surface area contributed by atoms with Crippen LogP contribution in [0.1, 0.15) is 33.6 Å². The van der Waals surface area contributed by atoms with Crippen molar-refractivity contribution < 1.29 is 4.79 Å². The number of nitrogens with zero attached hydrogens (tertiary/aromatic N) is 1. The SMILES string of the molecule is CSC1(C(N)=S)CCN(C(C)C(=O)NC(C)C)CC1. The fourth-order valence-corrected chi connectivity index (χ4v) is 3.64. The third-order valence-electron chi connectivity index (χ3n) is 3.80. The summed E-state index contributed by atoms with van der Waals surface area (Å²) in [5, 5.41) is 2.96. The van der Waals surface area contributed by atoms with Gasteiger partial charge < -0.3 is 11.1 Å². The monoisotopic (exact) mass is 303 g/mol. The molecule has 0 spiro atoms. The fourth-order valence-electron chi connectivity index (χ4n) is 2.39. The summed E-state index contributed by atoms with van der Waals surface area (Å²) in [6.07, 6.45) is 3.90. The van der Waals surface area contributed by atoms with Crippen LogP contribution in [0.5, 0.6) is 0 Å². The lowest BCUT2D eigenvalue weighted by Gasteiger charge is -2.42. The quantitative estimate of drug-likeness (QED) is 0.752. The average molecular weight is 303 g/mol. The summed E-state index contributed by atoms with van der Waals surface area (Å²) >= 11 is 6.94. The predicted octanol–water partition coefficient (Wildman–Crippen LogP) is 1.38. The van der Waals surface area contributed by atoms with Gasteiger partial charge in [-0.3, -0.25) is 9.69 Å². The summed E-state index contributed by atoms with van der Waals surface area (Å²) in [4.78, 5) is 14.8. The highest BCUT2D eigenvalue weighted by Gasteiger charge is 2.38. The molecule has 1 fully saturated rings. The Morgan fingerprint density at radius 3 is 2.26 bits per heavy atom. The molecule has 1 atom stereocenters. The van der Waals surface area contributed by atoms with Crippen molar-refractivity contribution >= 4 is 34.9 Å². The molecule has 1 aliphatic rings. The second-order valence-electron chi connectivity index (χ2n) is 5.44. The van der Waals surface area contributed by atoms with Crippen LogP contribution in [-0.4, -0.2) is 52.0 Å². The molecule has 0 aromatic rings. The maximum absolute atomic E-state index is 12.0. The van der Waals surface area contributed by atoms with Gasteiger partial charge in [-0.25, -0.2) is 0 Å². The van der Waals surface area contributed by atoms with Crippen molar-refractivity contribution in [3.8, 4) is 0 Å². The van der Waals surface area contributed by atoms with Crippen molar-refractivity contribution in [3.05, 3.63) is 0 Å². The minimum Gasteiger partial charge on any atom is -0.392 e. The molecule has 1 heterocycles. The minimum atomic E-state index is -0.0893. The first-order chi connectivity index (χ1) is 8.82. The van der Waals surface area contributed by atoms with Crippen LogP contribution in [0.25, 0.3) is 0 Å². The number of likely N-dealkylation sites (tertiary alicyclic amines) is 1. The molecule has 1 rings (SSSR count). The molecular formula is C13H25N3OS2. The molecule has 0 aromatic carbocycles. The number of amides is 1. The first-order valence-corrected chi connectivity index (χ1v) is 8.35. The van der Waals surface area contributed by atoms with Crippen molar-refractivity contribution in [2.75, 3.05) is 19.3 Å². The van der Waals surface area contributed by atoms with Crippen molar-refractivity contribution in [2.45, 2.75) is 50.4 Å². The van der Waals surface area contributed by atoms with Crippen LogP contribution < -0.4 is 11.1 Å². The van der Waals surface area contributed by atoms with Gasteiger partial charge in [0.05, 0.1) is 15.8 Å². The van der Waals surface area contributed by atoms with Gasteiger partial charge in [0.25, 0.3) is 0 Å². The van der Waals surface area contributed by atoms with Crippen LogP contribution in [0.15, 0.2) is 0 Å². The first-order valence-electron chi connectivity index (χ1n) is 6.72. The van der Waals surface area contributed by atoms with E-state index in [9.17, 15) is 4.79 Å².